The Kier molecular flexibility index (Phi) is 2.99. The summed E-state index contributed by atoms with van der Waals surface area (Å²) in [5, 5.41) is 4.47. The van der Waals surface area contributed by atoms with Gasteiger partial charge in [-0.1, -0.05) is 12.1 Å². The summed E-state index contributed by atoms with van der Waals surface area (Å²) >= 11 is 4.16. The van der Waals surface area contributed by atoms with E-state index in [1.807, 2.05) is 18.2 Å². The van der Waals surface area contributed by atoms with Gasteiger partial charge in [0.05, 0.1) is 5.69 Å². The highest BCUT2D eigenvalue weighted by Gasteiger charge is 2.02. The van der Waals surface area contributed by atoms with Crippen molar-refractivity contribution in [2.45, 2.75) is 6.42 Å². The fourth-order valence-electron chi connectivity index (χ4n) is 1.42. The van der Waals surface area contributed by atoms with E-state index >= 15 is 0 Å². The summed E-state index contributed by atoms with van der Waals surface area (Å²) in [6.07, 6.45) is 2.83. The van der Waals surface area contributed by atoms with E-state index in [0.717, 1.165) is 35.4 Å². The Morgan fingerprint density at radius 3 is 3.00 bits per heavy atom. The van der Waals surface area contributed by atoms with Gasteiger partial charge in [-0.3, -0.25) is 0 Å². The molecule has 74 valence electrons. The molecule has 0 aliphatic heterocycles. The molecule has 0 aliphatic rings. The van der Waals surface area contributed by atoms with Crippen LogP contribution in [0.1, 0.15) is 6.42 Å². The lowest BCUT2D eigenvalue weighted by atomic mass is 10.2. The average Bonchev–Trinajstić information content (AvgIpc) is 2.63. The van der Waals surface area contributed by atoms with Crippen molar-refractivity contribution < 1.29 is 4.42 Å². The molecule has 0 spiro atoms. The van der Waals surface area contributed by atoms with Crippen LogP contribution in [0.4, 0.5) is 5.69 Å². The molecule has 1 N–H and O–H groups in total. The van der Waals surface area contributed by atoms with Crippen molar-refractivity contribution in [2.24, 2.45) is 0 Å². The van der Waals surface area contributed by atoms with Crippen molar-refractivity contribution in [1.29, 1.82) is 0 Å². The summed E-state index contributed by atoms with van der Waals surface area (Å²) in [6.45, 7) is 0.938. The van der Waals surface area contributed by atoms with Crippen molar-refractivity contribution in [3.05, 3.63) is 30.5 Å². The monoisotopic (exact) mass is 207 g/mol. The van der Waals surface area contributed by atoms with Crippen LogP contribution in [0, 0.1) is 0 Å². The smallest absolute Gasteiger partial charge is 0.136 e. The zero-order valence-electron chi connectivity index (χ0n) is 7.86. The number of hydrogen-bond donors (Lipinski definition) is 2. The van der Waals surface area contributed by atoms with Crippen LogP contribution in [0.2, 0.25) is 0 Å². The second-order valence-corrected chi connectivity index (χ2v) is 3.60. The maximum atomic E-state index is 5.40. The van der Waals surface area contributed by atoms with Crippen molar-refractivity contribution in [3.63, 3.8) is 0 Å². The predicted molar refractivity (Wildman–Crippen MR) is 63.2 cm³/mol. The molecular formula is C11H13NOS. The van der Waals surface area contributed by atoms with E-state index in [1.54, 1.807) is 6.26 Å². The van der Waals surface area contributed by atoms with Crippen LogP contribution in [0.25, 0.3) is 11.0 Å². The predicted octanol–water partition coefficient (Wildman–Crippen LogP) is 3.16. The van der Waals surface area contributed by atoms with Crippen LogP contribution < -0.4 is 5.32 Å². The van der Waals surface area contributed by atoms with Gasteiger partial charge in [-0.15, -0.1) is 0 Å². The van der Waals surface area contributed by atoms with Crippen molar-refractivity contribution >= 4 is 29.3 Å². The molecule has 14 heavy (non-hydrogen) atoms. The second kappa shape index (κ2) is 4.42. The Bertz CT molecular complexity index is 410. The minimum atomic E-state index is 0.906. The number of thiol groups is 1. The lowest BCUT2D eigenvalue weighted by Crippen LogP contribution is -2.00. The van der Waals surface area contributed by atoms with E-state index in [9.17, 15) is 0 Å². The normalized spacial score (nSPS) is 10.6. The van der Waals surface area contributed by atoms with Gasteiger partial charge in [0.15, 0.2) is 0 Å². The Morgan fingerprint density at radius 1 is 1.29 bits per heavy atom. The van der Waals surface area contributed by atoms with Crippen LogP contribution in [0.5, 0.6) is 0 Å². The molecular weight excluding hydrogens is 194 g/mol. The molecule has 0 radical (unpaired) electrons. The number of fused-ring (bicyclic) bond motifs is 1. The van der Waals surface area contributed by atoms with Crippen LogP contribution in [0.15, 0.2) is 34.9 Å². The second-order valence-electron chi connectivity index (χ2n) is 3.15. The fraction of sp³-hybridized carbons (Fsp3) is 0.273. The molecule has 0 amide bonds. The van der Waals surface area contributed by atoms with Crippen LogP contribution >= 0.6 is 12.6 Å². The largest absolute Gasteiger partial charge is 0.462 e. The maximum absolute atomic E-state index is 5.40. The molecule has 2 aromatic rings. The minimum Gasteiger partial charge on any atom is -0.462 e. The zero-order valence-corrected chi connectivity index (χ0v) is 8.76. The molecule has 2 nitrogen and oxygen atoms in total. The number of furan rings is 1. The molecule has 1 heterocycles. The molecule has 2 rings (SSSR count). The van der Waals surface area contributed by atoms with Gasteiger partial charge in [-0.05, 0) is 24.3 Å². The highest BCUT2D eigenvalue weighted by Crippen LogP contribution is 2.24. The molecule has 0 fully saturated rings. The fourth-order valence-corrected chi connectivity index (χ4v) is 1.57. The Hall–Kier alpha value is -1.09. The van der Waals surface area contributed by atoms with Gasteiger partial charge in [0.1, 0.15) is 11.8 Å². The van der Waals surface area contributed by atoms with Gasteiger partial charge >= 0.3 is 0 Å². The van der Waals surface area contributed by atoms with Gasteiger partial charge in [-0.25, -0.2) is 0 Å². The maximum Gasteiger partial charge on any atom is 0.136 e. The third-order valence-electron chi connectivity index (χ3n) is 2.13. The van der Waals surface area contributed by atoms with Gasteiger partial charge in [0.2, 0.25) is 0 Å². The van der Waals surface area contributed by atoms with Crippen molar-refractivity contribution in [3.8, 4) is 0 Å². The standard InChI is InChI=1S/C11H13NOS/c14-7-3-6-12-10-8-13-11-5-2-1-4-9(10)11/h1-2,4-5,8,12,14H,3,6-7H2. The molecule has 3 heteroatoms. The third kappa shape index (κ3) is 1.87. The molecule has 0 bridgehead atoms. The number of hydrogen-bond acceptors (Lipinski definition) is 3. The van der Waals surface area contributed by atoms with E-state index < -0.39 is 0 Å². The van der Waals surface area contributed by atoms with Crippen molar-refractivity contribution in [2.75, 3.05) is 17.6 Å². The molecule has 0 saturated heterocycles. The number of para-hydroxylation sites is 1. The molecule has 0 atom stereocenters. The van der Waals surface area contributed by atoms with E-state index in [0.29, 0.717) is 0 Å². The first-order valence-electron chi connectivity index (χ1n) is 4.73. The van der Waals surface area contributed by atoms with Gasteiger partial charge in [-0.2, -0.15) is 12.6 Å². The molecule has 0 aliphatic carbocycles. The van der Waals surface area contributed by atoms with E-state index in [4.69, 9.17) is 4.42 Å². The molecule has 1 aromatic carbocycles. The molecule has 0 saturated carbocycles. The van der Waals surface area contributed by atoms with E-state index in [2.05, 4.69) is 24.0 Å². The first-order chi connectivity index (χ1) is 6.92. The van der Waals surface area contributed by atoms with Crippen LogP contribution in [-0.2, 0) is 0 Å². The third-order valence-corrected chi connectivity index (χ3v) is 2.45. The Labute approximate surface area is 88.7 Å². The highest BCUT2D eigenvalue weighted by atomic mass is 32.1. The Balaban J connectivity index is 2.17. The topological polar surface area (TPSA) is 25.2 Å². The summed E-state index contributed by atoms with van der Waals surface area (Å²) in [5.74, 6) is 0.906. The lowest BCUT2D eigenvalue weighted by Gasteiger charge is -2.01. The SMILES string of the molecule is SCCCNc1coc2ccccc12. The van der Waals surface area contributed by atoms with Gasteiger partial charge < -0.3 is 9.73 Å². The Morgan fingerprint density at radius 2 is 2.14 bits per heavy atom. The lowest BCUT2D eigenvalue weighted by molar-refractivity contribution is 0.616. The number of nitrogens with one attached hydrogen (secondary N) is 1. The summed E-state index contributed by atoms with van der Waals surface area (Å²) in [4.78, 5) is 0. The molecule has 1 aromatic heterocycles. The summed E-state index contributed by atoms with van der Waals surface area (Å²) in [7, 11) is 0. The van der Waals surface area contributed by atoms with E-state index in [-0.39, 0.29) is 0 Å². The van der Waals surface area contributed by atoms with Crippen LogP contribution in [0.3, 0.4) is 0 Å². The number of benzene rings is 1. The quantitative estimate of drug-likeness (QED) is 0.594. The van der Waals surface area contributed by atoms with Crippen LogP contribution in [-0.4, -0.2) is 12.3 Å². The van der Waals surface area contributed by atoms with Gasteiger partial charge in [0, 0.05) is 11.9 Å². The average molecular weight is 207 g/mol. The summed E-state index contributed by atoms with van der Waals surface area (Å²) < 4.78 is 5.40. The zero-order chi connectivity index (χ0) is 9.80. The molecule has 0 unspecified atom stereocenters. The number of rotatable bonds is 4. The van der Waals surface area contributed by atoms with Crippen molar-refractivity contribution in [1.82, 2.24) is 0 Å². The minimum absolute atomic E-state index is 0.906. The highest BCUT2D eigenvalue weighted by molar-refractivity contribution is 7.80. The first-order valence-corrected chi connectivity index (χ1v) is 5.36. The van der Waals surface area contributed by atoms with Gasteiger partial charge in [0.25, 0.3) is 0 Å². The van der Waals surface area contributed by atoms with E-state index in [1.165, 1.54) is 0 Å². The first kappa shape index (κ1) is 9.46. The number of anilines is 1. The summed E-state index contributed by atoms with van der Waals surface area (Å²) in [5.41, 5.74) is 2.00. The summed E-state index contributed by atoms with van der Waals surface area (Å²) in [6, 6.07) is 8.02.